The lowest BCUT2D eigenvalue weighted by atomic mass is 10.00. The number of fused-ring (bicyclic) bond motifs is 1. The molecule has 3 aromatic rings. The number of ether oxygens (including phenoxy) is 1. The zero-order valence-corrected chi connectivity index (χ0v) is 18.5. The van der Waals surface area contributed by atoms with Gasteiger partial charge in [-0.3, -0.25) is 19.6 Å². The molecule has 0 atom stereocenters. The van der Waals surface area contributed by atoms with E-state index in [1.165, 1.54) is 0 Å². The number of carbonyl (C=O) groups excluding carboxylic acids is 2. The Kier molecular flexibility index (Phi) is 6.35. The van der Waals surface area contributed by atoms with Gasteiger partial charge < -0.3 is 15.8 Å². The molecular formula is C25H28N4O3. The summed E-state index contributed by atoms with van der Waals surface area (Å²) in [5.41, 5.74) is 9.81. The van der Waals surface area contributed by atoms with Crippen LogP contribution < -0.4 is 15.8 Å². The van der Waals surface area contributed by atoms with Crippen molar-refractivity contribution in [3.63, 3.8) is 0 Å². The number of ketones is 1. The van der Waals surface area contributed by atoms with Crippen molar-refractivity contribution in [2.45, 2.75) is 39.0 Å². The number of benzene rings is 1. The van der Waals surface area contributed by atoms with Gasteiger partial charge in [0.15, 0.2) is 5.78 Å². The second-order valence-corrected chi connectivity index (χ2v) is 8.27. The van der Waals surface area contributed by atoms with Crippen LogP contribution in [0.15, 0.2) is 36.7 Å². The number of hydrogen-bond acceptors (Lipinski definition) is 6. The first-order valence-electron chi connectivity index (χ1n) is 11.1. The van der Waals surface area contributed by atoms with Crippen LogP contribution in [0.4, 0.5) is 5.69 Å². The Morgan fingerprint density at radius 2 is 2.00 bits per heavy atom. The lowest BCUT2D eigenvalue weighted by molar-refractivity contribution is 0.0950. The number of carbonyl (C=O) groups is 2. The third-order valence-corrected chi connectivity index (χ3v) is 5.82. The number of amides is 1. The molecule has 1 saturated carbocycles. The van der Waals surface area contributed by atoms with E-state index in [1.807, 2.05) is 6.07 Å². The number of nitrogen functional groups attached to an aromatic ring is 1. The van der Waals surface area contributed by atoms with E-state index in [1.54, 1.807) is 37.7 Å². The summed E-state index contributed by atoms with van der Waals surface area (Å²) < 4.78 is 5.56. The molecular weight excluding hydrogens is 404 g/mol. The van der Waals surface area contributed by atoms with Crippen LogP contribution in [0.5, 0.6) is 5.75 Å². The molecule has 3 N–H and O–H groups in total. The molecule has 0 spiro atoms. The standard InChI is InChI=1S/C25H28N4O3/c1-3-4-9-27-25(31)16-7-8-20(28-13-16)17-11-18-21(12-23(17)32-2)29-14-19(24(18)26)22(30)10-15-5-6-15/h7-8,11-15H,3-6,9-10H2,1-2H3,(H2,26,29)(H,27,31). The molecule has 1 aliphatic carbocycles. The Labute approximate surface area is 187 Å². The smallest absolute Gasteiger partial charge is 0.252 e. The van der Waals surface area contributed by atoms with Crippen LogP contribution >= 0.6 is 0 Å². The van der Waals surface area contributed by atoms with E-state index in [0.717, 1.165) is 31.2 Å². The van der Waals surface area contributed by atoms with Gasteiger partial charge in [-0.1, -0.05) is 13.3 Å². The zero-order valence-electron chi connectivity index (χ0n) is 18.5. The number of nitrogens with zero attached hydrogens (tertiary/aromatic N) is 2. The molecule has 1 amide bonds. The summed E-state index contributed by atoms with van der Waals surface area (Å²) in [6.07, 6.45) is 7.79. The number of unbranched alkanes of at least 4 members (excludes halogenated alkanes) is 1. The van der Waals surface area contributed by atoms with Gasteiger partial charge >= 0.3 is 0 Å². The predicted octanol–water partition coefficient (Wildman–Crippen LogP) is 4.40. The molecule has 2 heterocycles. The molecule has 2 aromatic heterocycles. The maximum Gasteiger partial charge on any atom is 0.252 e. The highest BCUT2D eigenvalue weighted by Crippen LogP contribution is 2.37. The number of methoxy groups -OCH3 is 1. The van der Waals surface area contributed by atoms with Gasteiger partial charge in [0, 0.05) is 42.4 Å². The first-order valence-corrected chi connectivity index (χ1v) is 11.1. The van der Waals surface area contributed by atoms with Gasteiger partial charge in [0.2, 0.25) is 0 Å². The summed E-state index contributed by atoms with van der Waals surface area (Å²) >= 11 is 0. The molecule has 32 heavy (non-hydrogen) atoms. The van der Waals surface area contributed by atoms with Crippen molar-refractivity contribution in [3.05, 3.63) is 47.8 Å². The van der Waals surface area contributed by atoms with E-state index in [4.69, 9.17) is 10.5 Å². The molecule has 7 heteroatoms. The molecule has 7 nitrogen and oxygen atoms in total. The van der Waals surface area contributed by atoms with Gasteiger partial charge in [0.05, 0.1) is 35.1 Å². The number of rotatable bonds is 9. The van der Waals surface area contributed by atoms with Crippen molar-refractivity contribution >= 4 is 28.3 Å². The maximum atomic E-state index is 12.6. The highest BCUT2D eigenvalue weighted by atomic mass is 16.5. The van der Waals surface area contributed by atoms with Crippen LogP contribution in [0.3, 0.4) is 0 Å². The molecule has 0 bridgehead atoms. The predicted molar refractivity (Wildman–Crippen MR) is 125 cm³/mol. The molecule has 1 aliphatic rings. The van der Waals surface area contributed by atoms with E-state index in [9.17, 15) is 9.59 Å². The Morgan fingerprint density at radius 1 is 1.19 bits per heavy atom. The molecule has 0 aliphatic heterocycles. The topological polar surface area (TPSA) is 107 Å². The van der Waals surface area contributed by atoms with Crippen LogP contribution in [-0.2, 0) is 0 Å². The quantitative estimate of drug-likeness (QED) is 0.383. The Balaban J connectivity index is 1.67. The molecule has 0 radical (unpaired) electrons. The van der Waals surface area contributed by atoms with Gasteiger partial charge in [0.1, 0.15) is 5.75 Å². The van der Waals surface area contributed by atoms with Crippen LogP contribution in [-0.4, -0.2) is 35.3 Å². The molecule has 0 saturated heterocycles. The molecule has 4 rings (SSSR count). The average Bonchev–Trinajstić information content (AvgIpc) is 3.62. The molecule has 1 aromatic carbocycles. The van der Waals surface area contributed by atoms with Crippen LogP contribution in [0.2, 0.25) is 0 Å². The second kappa shape index (κ2) is 9.34. The summed E-state index contributed by atoms with van der Waals surface area (Å²) in [6, 6.07) is 7.17. The average molecular weight is 433 g/mol. The van der Waals surface area contributed by atoms with Gasteiger partial charge in [-0.25, -0.2) is 0 Å². The lowest BCUT2D eigenvalue weighted by Crippen LogP contribution is -2.24. The third-order valence-electron chi connectivity index (χ3n) is 5.82. The number of nitrogens with one attached hydrogen (secondary N) is 1. The minimum atomic E-state index is -0.143. The SMILES string of the molecule is CCCCNC(=O)c1ccc(-c2cc3c(N)c(C(=O)CC4CC4)cnc3cc2OC)nc1. The second-order valence-electron chi connectivity index (χ2n) is 8.27. The van der Waals surface area contributed by atoms with E-state index < -0.39 is 0 Å². The summed E-state index contributed by atoms with van der Waals surface area (Å²) in [6.45, 7) is 2.72. The molecule has 0 unspecified atom stereocenters. The van der Waals surface area contributed by atoms with Crippen molar-refractivity contribution in [1.29, 1.82) is 0 Å². The highest BCUT2D eigenvalue weighted by Gasteiger charge is 2.26. The largest absolute Gasteiger partial charge is 0.496 e. The monoisotopic (exact) mass is 432 g/mol. The Morgan fingerprint density at radius 3 is 2.66 bits per heavy atom. The van der Waals surface area contributed by atoms with Crippen LogP contribution in [0.1, 0.15) is 59.7 Å². The molecule has 166 valence electrons. The minimum absolute atomic E-state index is 0.0355. The summed E-state index contributed by atoms with van der Waals surface area (Å²) in [5, 5.41) is 3.57. The van der Waals surface area contributed by atoms with Crippen molar-refractivity contribution in [2.75, 3.05) is 19.4 Å². The van der Waals surface area contributed by atoms with Gasteiger partial charge in [0.25, 0.3) is 5.91 Å². The number of aromatic nitrogens is 2. The van der Waals surface area contributed by atoms with Gasteiger partial charge in [-0.15, -0.1) is 0 Å². The van der Waals surface area contributed by atoms with Crippen molar-refractivity contribution in [3.8, 4) is 17.0 Å². The van der Waals surface area contributed by atoms with Crippen LogP contribution in [0.25, 0.3) is 22.2 Å². The van der Waals surface area contributed by atoms with Crippen LogP contribution in [0, 0.1) is 5.92 Å². The summed E-state index contributed by atoms with van der Waals surface area (Å²) in [7, 11) is 1.58. The fourth-order valence-electron chi connectivity index (χ4n) is 3.69. The highest BCUT2D eigenvalue weighted by molar-refractivity contribution is 6.08. The van der Waals surface area contributed by atoms with Gasteiger partial charge in [-0.05, 0) is 43.4 Å². The lowest BCUT2D eigenvalue weighted by Gasteiger charge is -2.13. The normalized spacial score (nSPS) is 13.2. The number of anilines is 1. The first-order chi connectivity index (χ1) is 15.5. The van der Waals surface area contributed by atoms with E-state index >= 15 is 0 Å². The van der Waals surface area contributed by atoms with Crippen molar-refractivity contribution in [2.24, 2.45) is 5.92 Å². The third kappa shape index (κ3) is 4.56. The first kappa shape index (κ1) is 21.7. The number of hydrogen-bond donors (Lipinski definition) is 2. The summed E-state index contributed by atoms with van der Waals surface area (Å²) in [5.74, 6) is 0.962. The number of pyridine rings is 2. The van der Waals surface area contributed by atoms with Crippen molar-refractivity contribution in [1.82, 2.24) is 15.3 Å². The maximum absolute atomic E-state index is 12.6. The minimum Gasteiger partial charge on any atom is -0.496 e. The number of nitrogens with two attached hydrogens (primary N) is 1. The van der Waals surface area contributed by atoms with Gasteiger partial charge in [-0.2, -0.15) is 0 Å². The zero-order chi connectivity index (χ0) is 22.7. The fourth-order valence-corrected chi connectivity index (χ4v) is 3.69. The Hall–Kier alpha value is -3.48. The van der Waals surface area contributed by atoms with E-state index in [-0.39, 0.29) is 11.7 Å². The van der Waals surface area contributed by atoms with Crippen molar-refractivity contribution < 1.29 is 14.3 Å². The summed E-state index contributed by atoms with van der Waals surface area (Å²) in [4.78, 5) is 33.8. The number of Topliss-reactive ketones (excluding diaryl/α,β-unsaturated/α-hetero) is 1. The fraction of sp³-hybridized carbons (Fsp3) is 0.360. The molecule has 1 fully saturated rings. The van der Waals surface area contributed by atoms with E-state index in [2.05, 4.69) is 22.2 Å². The Bertz CT molecular complexity index is 1150. The van der Waals surface area contributed by atoms with E-state index in [0.29, 0.717) is 58.0 Å².